The summed E-state index contributed by atoms with van der Waals surface area (Å²) in [6.45, 7) is 7.17. The van der Waals surface area contributed by atoms with Gasteiger partial charge in [-0.2, -0.15) is 0 Å². The van der Waals surface area contributed by atoms with E-state index in [9.17, 15) is 14.4 Å². The molecule has 136 valence electrons. The van der Waals surface area contributed by atoms with Crippen LogP contribution in [-0.4, -0.2) is 29.2 Å². The predicted molar refractivity (Wildman–Crippen MR) is 95.9 cm³/mol. The molecule has 2 heterocycles. The molecule has 0 spiro atoms. The van der Waals surface area contributed by atoms with Crippen LogP contribution in [0.3, 0.4) is 0 Å². The molecule has 1 aromatic carbocycles. The van der Waals surface area contributed by atoms with E-state index in [1.807, 2.05) is 12.1 Å². The highest BCUT2D eigenvalue weighted by Crippen LogP contribution is 2.30. The minimum Gasteiger partial charge on any atom is -0.463 e. The fraction of sp³-hybridized carbons (Fsp3) is 0.350. The van der Waals surface area contributed by atoms with E-state index in [1.165, 1.54) is 0 Å². The van der Waals surface area contributed by atoms with Crippen molar-refractivity contribution in [1.29, 1.82) is 0 Å². The Balaban J connectivity index is 1.78. The molecular formula is C20H22N2O4. The van der Waals surface area contributed by atoms with Crippen LogP contribution in [0.5, 0.6) is 0 Å². The number of rotatable bonds is 5. The van der Waals surface area contributed by atoms with Gasteiger partial charge in [-0.15, -0.1) is 0 Å². The Bertz CT molecular complexity index is 866. The molecule has 1 atom stereocenters. The highest BCUT2D eigenvalue weighted by Gasteiger charge is 2.51. The molecule has 3 rings (SSSR count). The lowest BCUT2D eigenvalue weighted by atomic mass is 9.98. The Labute approximate surface area is 152 Å². The van der Waals surface area contributed by atoms with E-state index in [2.05, 4.69) is 19.2 Å². The summed E-state index contributed by atoms with van der Waals surface area (Å²) < 4.78 is 5.52. The van der Waals surface area contributed by atoms with Crippen LogP contribution in [0.1, 0.15) is 54.1 Å². The van der Waals surface area contributed by atoms with Crippen LogP contribution in [0, 0.1) is 6.92 Å². The number of imide groups is 1. The van der Waals surface area contributed by atoms with Crippen LogP contribution in [0.15, 0.2) is 40.8 Å². The largest absolute Gasteiger partial charge is 0.463 e. The van der Waals surface area contributed by atoms with Crippen molar-refractivity contribution < 1.29 is 18.8 Å². The minimum absolute atomic E-state index is 0.288. The van der Waals surface area contributed by atoms with Crippen molar-refractivity contribution in [1.82, 2.24) is 10.2 Å². The summed E-state index contributed by atoms with van der Waals surface area (Å²) in [5.41, 5.74) is 0.294. The molecule has 1 fully saturated rings. The first-order valence-corrected chi connectivity index (χ1v) is 8.56. The Kier molecular flexibility index (Phi) is 4.44. The molecule has 1 N–H and O–H groups in total. The van der Waals surface area contributed by atoms with Crippen LogP contribution in [-0.2, 0) is 10.3 Å². The molecule has 6 heteroatoms. The van der Waals surface area contributed by atoms with E-state index in [-0.39, 0.29) is 12.3 Å². The Hall–Kier alpha value is -2.89. The number of Topliss-reactive ketones (excluding diaryl/α,β-unsaturated/α-hetero) is 1. The molecule has 26 heavy (non-hydrogen) atoms. The second-order valence-corrected chi connectivity index (χ2v) is 7.06. The summed E-state index contributed by atoms with van der Waals surface area (Å²) in [7, 11) is 0. The number of hydrogen-bond acceptors (Lipinski definition) is 4. The number of benzene rings is 1. The van der Waals surface area contributed by atoms with Crippen molar-refractivity contribution >= 4 is 17.7 Å². The zero-order valence-electron chi connectivity index (χ0n) is 15.3. The fourth-order valence-corrected chi connectivity index (χ4v) is 3.00. The summed E-state index contributed by atoms with van der Waals surface area (Å²) in [6.07, 6.45) is 0. The van der Waals surface area contributed by atoms with Crippen molar-refractivity contribution in [3.8, 4) is 0 Å². The molecule has 0 bridgehead atoms. The van der Waals surface area contributed by atoms with E-state index in [0.29, 0.717) is 23.0 Å². The van der Waals surface area contributed by atoms with Gasteiger partial charge in [0.15, 0.2) is 11.3 Å². The number of furan rings is 1. The van der Waals surface area contributed by atoms with Gasteiger partial charge < -0.3 is 9.73 Å². The lowest BCUT2D eigenvalue weighted by molar-refractivity contribution is -0.131. The molecule has 1 unspecified atom stereocenters. The quantitative estimate of drug-likeness (QED) is 0.659. The van der Waals surface area contributed by atoms with Gasteiger partial charge in [0, 0.05) is 5.56 Å². The first kappa shape index (κ1) is 17.9. The average Bonchev–Trinajstić information content (AvgIpc) is 3.13. The average molecular weight is 354 g/mol. The number of carbonyl (C=O) groups excluding carboxylic acids is 3. The molecule has 0 aliphatic carbocycles. The van der Waals surface area contributed by atoms with Crippen LogP contribution >= 0.6 is 0 Å². The Morgan fingerprint density at radius 2 is 1.81 bits per heavy atom. The minimum atomic E-state index is -1.30. The number of amides is 3. The van der Waals surface area contributed by atoms with Gasteiger partial charge in [-0.1, -0.05) is 38.1 Å². The van der Waals surface area contributed by atoms with E-state index in [0.717, 1.165) is 10.5 Å². The molecule has 1 aliphatic heterocycles. The standard InChI is InChI=1S/C20H22N2O4/c1-12(2)14-6-8-15(9-7-14)16(23)11-22-18(24)20(4,21-19(22)25)17-10-5-13(3)26-17/h5-10,12H,11H2,1-4H3,(H,21,25). The Morgan fingerprint density at radius 1 is 1.15 bits per heavy atom. The maximum absolute atomic E-state index is 12.8. The van der Waals surface area contributed by atoms with Gasteiger partial charge in [0.2, 0.25) is 0 Å². The van der Waals surface area contributed by atoms with Gasteiger partial charge in [-0.3, -0.25) is 14.5 Å². The molecule has 3 amide bonds. The third kappa shape index (κ3) is 3.03. The third-order valence-electron chi connectivity index (χ3n) is 4.71. The first-order chi connectivity index (χ1) is 12.2. The lowest BCUT2D eigenvalue weighted by Crippen LogP contribution is -2.41. The van der Waals surface area contributed by atoms with Crippen LogP contribution < -0.4 is 5.32 Å². The van der Waals surface area contributed by atoms with Crippen LogP contribution in [0.25, 0.3) is 0 Å². The maximum Gasteiger partial charge on any atom is 0.325 e. The molecule has 1 aromatic heterocycles. The van der Waals surface area contributed by atoms with Crippen molar-refractivity contribution in [2.75, 3.05) is 6.54 Å². The van der Waals surface area contributed by atoms with E-state index >= 15 is 0 Å². The zero-order valence-corrected chi connectivity index (χ0v) is 15.3. The van der Waals surface area contributed by atoms with Gasteiger partial charge in [-0.05, 0) is 37.5 Å². The maximum atomic E-state index is 12.8. The van der Waals surface area contributed by atoms with Gasteiger partial charge in [0.05, 0.1) is 6.54 Å². The number of aryl methyl sites for hydroxylation is 1. The van der Waals surface area contributed by atoms with Gasteiger partial charge in [-0.25, -0.2) is 4.79 Å². The second-order valence-electron chi connectivity index (χ2n) is 7.06. The monoisotopic (exact) mass is 354 g/mol. The highest BCUT2D eigenvalue weighted by atomic mass is 16.3. The summed E-state index contributed by atoms with van der Waals surface area (Å²) in [5.74, 6) is 0.572. The van der Waals surface area contributed by atoms with E-state index < -0.39 is 17.5 Å². The summed E-state index contributed by atoms with van der Waals surface area (Å²) in [5, 5.41) is 2.63. The smallest absolute Gasteiger partial charge is 0.325 e. The highest BCUT2D eigenvalue weighted by molar-refractivity contribution is 6.11. The van der Waals surface area contributed by atoms with Gasteiger partial charge in [0.25, 0.3) is 5.91 Å². The normalized spacial score (nSPS) is 20.0. The lowest BCUT2D eigenvalue weighted by Gasteiger charge is -2.19. The second kappa shape index (κ2) is 6.44. The first-order valence-electron chi connectivity index (χ1n) is 8.56. The SMILES string of the molecule is Cc1ccc(C2(C)NC(=O)N(CC(=O)c3ccc(C(C)C)cc3)C2=O)o1. The molecule has 2 aromatic rings. The summed E-state index contributed by atoms with van der Waals surface area (Å²) in [4.78, 5) is 38.5. The molecule has 6 nitrogen and oxygen atoms in total. The number of carbonyl (C=O) groups is 3. The third-order valence-corrected chi connectivity index (χ3v) is 4.71. The van der Waals surface area contributed by atoms with Crippen LogP contribution in [0.2, 0.25) is 0 Å². The number of nitrogens with zero attached hydrogens (tertiary/aromatic N) is 1. The number of hydrogen-bond donors (Lipinski definition) is 1. The summed E-state index contributed by atoms with van der Waals surface area (Å²) >= 11 is 0. The number of nitrogens with one attached hydrogen (secondary N) is 1. The molecular weight excluding hydrogens is 332 g/mol. The summed E-state index contributed by atoms with van der Waals surface area (Å²) in [6, 6.07) is 10.0. The molecule has 1 aliphatic rings. The Morgan fingerprint density at radius 3 is 2.35 bits per heavy atom. The van der Waals surface area contributed by atoms with Crippen molar-refractivity contribution in [3.05, 3.63) is 59.0 Å². The molecule has 0 saturated carbocycles. The van der Waals surface area contributed by atoms with Crippen molar-refractivity contribution in [3.63, 3.8) is 0 Å². The molecule has 0 radical (unpaired) electrons. The zero-order chi connectivity index (χ0) is 19.1. The van der Waals surface area contributed by atoms with Crippen molar-refractivity contribution in [2.24, 2.45) is 0 Å². The predicted octanol–water partition coefficient (Wildman–Crippen LogP) is 3.36. The fourth-order valence-electron chi connectivity index (χ4n) is 3.00. The van der Waals surface area contributed by atoms with E-state index in [4.69, 9.17) is 4.42 Å². The van der Waals surface area contributed by atoms with Gasteiger partial charge in [0.1, 0.15) is 11.5 Å². The topological polar surface area (TPSA) is 79.6 Å². The van der Waals surface area contributed by atoms with Gasteiger partial charge >= 0.3 is 6.03 Å². The van der Waals surface area contributed by atoms with Crippen molar-refractivity contribution in [2.45, 2.75) is 39.2 Å². The van der Waals surface area contributed by atoms with Crippen LogP contribution in [0.4, 0.5) is 4.79 Å². The number of urea groups is 1. The van der Waals surface area contributed by atoms with E-state index in [1.54, 1.807) is 38.1 Å². The number of ketones is 1. The molecule has 1 saturated heterocycles.